The molecule has 16 heavy (non-hydrogen) atoms. The van der Waals surface area contributed by atoms with Gasteiger partial charge in [-0.05, 0) is 31.6 Å². The number of carbonyl (C=O) groups excluding carboxylic acids is 1. The summed E-state index contributed by atoms with van der Waals surface area (Å²) in [5.41, 5.74) is 0. The predicted molar refractivity (Wildman–Crippen MR) is 61.0 cm³/mol. The Hall–Kier alpha value is -1.06. The Morgan fingerprint density at radius 3 is 2.75 bits per heavy atom. The molecule has 1 fully saturated rings. The largest absolute Gasteiger partial charge is 0.481 e. The number of carbonyl (C=O) groups is 2. The number of hydrogen-bond acceptors (Lipinski definition) is 2. The van der Waals surface area contributed by atoms with E-state index in [2.05, 4.69) is 5.32 Å². The van der Waals surface area contributed by atoms with Crippen LogP contribution in [0.25, 0.3) is 0 Å². The smallest absolute Gasteiger partial charge is 0.303 e. The van der Waals surface area contributed by atoms with Crippen LogP contribution >= 0.6 is 0 Å². The quantitative estimate of drug-likeness (QED) is 0.754. The molecular weight excluding hydrogens is 206 g/mol. The molecular formula is C12H21NO3. The molecule has 0 saturated heterocycles. The molecule has 0 aliphatic heterocycles. The van der Waals surface area contributed by atoms with Gasteiger partial charge in [0.25, 0.3) is 0 Å². The summed E-state index contributed by atoms with van der Waals surface area (Å²) in [6.07, 6.45) is 6.39. The molecule has 0 heterocycles. The third kappa shape index (κ3) is 5.14. The first-order chi connectivity index (χ1) is 7.58. The van der Waals surface area contributed by atoms with Crippen LogP contribution in [-0.4, -0.2) is 23.0 Å². The van der Waals surface area contributed by atoms with E-state index in [4.69, 9.17) is 5.11 Å². The third-order valence-corrected chi connectivity index (χ3v) is 3.19. The summed E-state index contributed by atoms with van der Waals surface area (Å²) in [5, 5.41) is 11.5. The fraction of sp³-hybridized carbons (Fsp3) is 0.833. The van der Waals surface area contributed by atoms with E-state index in [0.717, 1.165) is 32.1 Å². The van der Waals surface area contributed by atoms with Gasteiger partial charge in [-0.1, -0.05) is 12.8 Å². The molecule has 1 saturated carbocycles. The zero-order valence-electron chi connectivity index (χ0n) is 9.87. The minimum atomic E-state index is -0.714. The second-order valence-corrected chi connectivity index (χ2v) is 4.72. The molecule has 0 bridgehead atoms. The molecule has 1 rings (SSSR count). The Morgan fingerprint density at radius 1 is 1.38 bits per heavy atom. The summed E-state index contributed by atoms with van der Waals surface area (Å²) in [6, 6.07) is 0.307. The van der Waals surface area contributed by atoms with Gasteiger partial charge in [0, 0.05) is 19.4 Å². The van der Waals surface area contributed by atoms with Crippen molar-refractivity contribution in [2.75, 3.05) is 0 Å². The van der Waals surface area contributed by atoms with E-state index < -0.39 is 5.97 Å². The van der Waals surface area contributed by atoms with E-state index in [1.165, 1.54) is 6.42 Å². The first-order valence-electron chi connectivity index (χ1n) is 6.07. The highest BCUT2D eigenvalue weighted by molar-refractivity contribution is 5.73. The van der Waals surface area contributed by atoms with Gasteiger partial charge in [-0.15, -0.1) is 0 Å². The number of rotatable bonds is 5. The highest BCUT2D eigenvalue weighted by atomic mass is 16.4. The fourth-order valence-electron chi connectivity index (χ4n) is 2.51. The second kappa shape index (κ2) is 6.51. The van der Waals surface area contributed by atoms with Gasteiger partial charge in [0.2, 0.25) is 5.91 Å². The van der Waals surface area contributed by atoms with E-state index in [-0.39, 0.29) is 12.3 Å². The first kappa shape index (κ1) is 13.0. The van der Waals surface area contributed by atoms with Crippen LogP contribution in [0.1, 0.15) is 51.9 Å². The molecule has 0 radical (unpaired) electrons. The lowest BCUT2D eigenvalue weighted by atomic mass is 9.83. The molecule has 2 unspecified atom stereocenters. The van der Waals surface area contributed by atoms with Gasteiger partial charge in [-0.25, -0.2) is 0 Å². The maximum absolute atomic E-state index is 10.9. The molecule has 92 valence electrons. The van der Waals surface area contributed by atoms with Crippen molar-refractivity contribution in [2.24, 2.45) is 5.92 Å². The Labute approximate surface area is 96.4 Å². The third-order valence-electron chi connectivity index (χ3n) is 3.19. The zero-order valence-corrected chi connectivity index (χ0v) is 9.87. The minimum absolute atomic E-state index is 0.0381. The van der Waals surface area contributed by atoms with Crippen LogP contribution in [0.4, 0.5) is 0 Å². The van der Waals surface area contributed by atoms with Crippen molar-refractivity contribution < 1.29 is 14.7 Å². The van der Waals surface area contributed by atoms with E-state index in [9.17, 15) is 9.59 Å². The highest BCUT2D eigenvalue weighted by Crippen LogP contribution is 2.28. The summed E-state index contributed by atoms with van der Waals surface area (Å²) in [7, 11) is 0. The second-order valence-electron chi connectivity index (χ2n) is 4.72. The van der Waals surface area contributed by atoms with Crippen LogP contribution in [-0.2, 0) is 9.59 Å². The molecule has 0 spiro atoms. The molecule has 4 heteroatoms. The fourth-order valence-corrected chi connectivity index (χ4v) is 2.51. The van der Waals surface area contributed by atoms with Gasteiger partial charge in [-0.3, -0.25) is 9.59 Å². The van der Waals surface area contributed by atoms with E-state index in [1.807, 2.05) is 0 Å². The Morgan fingerprint density at radius 2 is 2.12 bits per heavy atom. The summed E-state index contributed by atoms with van der Waals surface area (Å²) < 4.78 is 0. The lowest BCUT2D eigenvalue weighted by Gasteiger charge is -2.29. The van der Waals surface area contributed by atoms with Crippen LogP contribution < -0.4 is 5.32 Å². The number of amides is 1. The van der Waals surface area contributed by atoms with Gasteiger partial charge in [0.1, 0.15) is 0 Å². The van der Waals surface area contributed by atoms with Crippen LogP contribution in [0.2, 0.25) is 0 Å². The Bertz CT molecular complexity index is 253. The summed E-state index contributed by atoms with van der Waals surface area (Å²) in [6.45, 7) is 1.55. The van der Waals surface area contributed by atoms with E-state index in [1.54, 1.807) is 6.92 Å². The number of nitrogens with one attached hydrogen (secondary N) is 1. The molecule has 1 aliphatic carbocycles. The van der Waals surface area contributed by atoms with Crippen LogP contribution in [0.3, 0.4) is 0 Å². The molecule has 2 atom stereocenters. The summed E-state index contributed by atoms with van der Waals surface area (Å²) in [5.74, 6) is -0.0876. The average Bonchev–Trinajstić information content (AvgIpc) is 2.16. The van der Waals surface area contributed by atoms with Crippen molar-refractivity contribution in [1.82, 2.24) is 5.32 Å². The minimum Gasteiger partial charge on any atom is -0.481 e. The predicted octanol–water partition coefficient (Wildman–Crippen LogP) is 1.94. The molecule has 4 nitrogen and oxygen atoms in total. The number of aliphatic carboxylic acids is 1. The highest BCUT2D eigenvalue weighted by Gasteiger charge is 2.22. The van der Waals surface area contributed by atoms with E-state index >= 15 is 0 Å². The van der Waals surface area contributed by atoms with Gasteiger partial charge < -0.3 is 10.4 Å². The lowest BCUT2D eigenvalue weighted by molar-refractivity contribution is -0.137. The number of carboxylic acid groups (broad SMARTS) is 1. The summed E-state index contributed by atoms with van der Waals surface area (Å²) in [4.78, 5) is 21.3. The SMILES string of the molecule is CC(=O)NC1CCCC(CCCC(=O)O)C1. The molecule has 1 amide bonds. The topological polar surface area (TPSA) is 66.4 Å². The van der Waals surface area contributed by atoms with Gasteiger partial charge in [0.05, 0.1) is 0 Å². The normalized spacial score (nSPS) is 25.1. The molecule has 1 aliphatic rings. The van der Waals surface area contributed by atoms with Crippen molar-refractivity contribution in [3.8, 4) is 0 Å². The zero-order chi connectivity index (χ0) is 12.0. The Kier molecular flexibility index (Phi) is 5.29. The summed E-state index contributed by atoms with van der Waals surface area (Å²) >= 11 is 0. The standard InChI is InChI=1S/C12H21NO3/c1-9(14)13-11-6-2-4-10(8-11)5-3-7-12(15)16/h10-11H,2-8H2,1H3,(H,13,14)(H,15,16). The first-order valence-corrected chi connectivity index (χ1v) is 6.07. The van der Waals surface area contributed by atoms with Crippen LogP contribution in [0.15, 0.2) is 0 Å². The lowest BCUT2D eigenvalue weighted by Crippen LogP contribution is -2.37. The maximum atomic E-state index is 10.9. The molecule has 0 aromatic rings. The van der Waals surface area contributed by atoms with Gasteiger partial charge >= 0.3 is 5.97 Å². The van der Waals surface area contributed by atoms with Crippen molar-refractivity contribution in [3.63, 3.8) is 0 Å². The average molecular weight is 227 g/mol. The number of carboxylic acids is 1. The maximum Gasteiger partial charge on any atom is 0.303 e. The Balaban J connectivity index is 2.22. The number of hydrogen-bond donors (Lipinski definition) is 2. The van der Waals surface area contributed by atoms with Crippen molar-refractivity contribution in [1.29, 1.82) is 0 Å². The van der Waals surface area contributed by atoms with Gasteiger partial charge in [0.15, 0.2) is 0 Å². The van der Waals surface area contributed by atoms with Crippen LogP contribution in [0, 0.1) is 5.92 Å². The van der Waals surface area contributed by atoms with Gasteiger partial charge in [-0.2, -0.15) is 0 Å². The molecule has 0 aromatic heterocycles. The van der Waals surface area contributed by atoms with Crippen LogP contribution in [0.5, 0.6) is 0 Å². The monoisotopic (exact) mass is 227 g/mol. The van der Waals surface area contributed by atoms with Crippen molar-refractivity contribution >= 4 is 11.9 Å². The van der Waals surface area contributed by atoms with Crippen molar-refractivity contribution in [2.45, 2.75) is 57.9 Å². The van der Waals surface area contributed by atoms with Crippen molar-refractivity contribution in [3.05, 3.63) is 0 Å². The molecule has 2 N–H and O–H groups in total. The molecule has 0 aromatic carbocycles. The van der Waals surface area contributed by atoms with E-state index in [0.29, 0.717) is 12.0 Å².